The number of thiazole rings is 1. The summed E-state index contributed by atoms with van der Waals surface area (Å²) >= 11 is 1.33. The van der Waals surface area contributed by atoms with E-state index in [4.69, 9.17) is 12.6 Å². The highest BCUT2D eigenvalue weighted by Gasteiger charge is 2.18. The summed E-state index contributed by atoms with van der Waals surface area (Å²) in [6.45, 7) is 5.37. The second kappa shape index (κ2) is 7.48. The molecule has 2 radical (unpaired) electrons. The molecule has 0 spiro atoms. The third-order valence-electron chi connectivity index (χ3n) is 3.19. The van der Waals surface area contributed by atoms with Crippen molar-refractivity contribution < 1.29 is 14.3 Å². The maximum absolute atomic E-state index is 12.4. The van der Waals surface area contributed by atoms with Crippen molar-refractivity contribution >= 4 is 47.2 Å². The van der Waals surface area contributed by atoms with Crippen LogP contribution in [0.25, 0.3) is 0 Å². The van der Waals surface area contributed by atoms with Crippen LogP contribution in [0.15, 0.2) is 17.5 Å². The van der Waals surface area contributed by atoms with E-state index in [1.807, 2.05) is 13.8 Å². The maximum atomic E-state index is 12.4. The Bertz CT molecular complexity index is 774. The number of carbonyl (C=O) groups excluding carboxylic acids is 2. The first-order valence-corrected chi connectivity index (χ1v) is 8.22. The van der Waals surface area contributed by atoms with Gasteiger partial charge in [-0.1, -0.05) is 0 Å². The Labute approximate surface area is 146 Å². The van der Waals surface area contributed by atoms with Gasteiger partial charge >= 0.3 is 0 Å². The second-order valence-corrected chi connectivity index (χ2v) is 6.31. The molecule has 1 aromatic heterocycles. The molecule has 0 aliphatic carbocycles. The van der Waals surface area contributed by atoms with Gasteiger partial charge in [-0.25, -0.2) is 4.98 Å². The van der Waals surface area contributed by atoms with E-state index in [-0.39, 0.29) is 28.7 Å². The van der Waals surface area contributed by atoms with Gasteiger partial charge in [0.1, 0.15) is 19.3 Å². The van der Waals surface area contributed by atoms with Crippen molar-refractivity contribution in [2.75, 3.05) is 17.7 Å². The highest BCUT2D eigenvalue weighted by Crippen LogP contribution is 2.22. The zero-order valence-corrected chi connectivity index (χ0v) is 14.8. The summed E-state index contributed by atoms with van der Waals surface area (Å²) in [5.41, 5.74) is 1.00. The van der Waals surface area contributed by atoms with Gasteiger partial charge in [-0.2, -0.15) is 0 Å². The highest BCUT2D eigenvalue weighted by atomic mass is 32.1. The predicted octanol–water partition coefficient (Wildman–Crippen LogP) is 2.22. The first-order valence-electron chi connectivity index (χ1n) is 7.34. The number of aromatic nitrogens is 1. The zero-order chi connectivity index (χ0) is 17.9. The third-order valence-corrected chi connectivity index (χ3v) is 3.97. The Balaban J connectivity index is 2.31. The van der Waals surface area contributed by atoms with Crippen LogP contribution in [-0.2, 0) is 0 Å². The summed E-state index contributed by atoms with van der Waals surface area (Å²) in [7, 11) is 7.48. The van der Waals surface area contributed by atoms with Crippen LogP contribution in [0.4, 0.5) is 10.8 Å². The summed E-state index contributed by atoms with van der Waals surface area (Å²) in [5, 5.41) is 8.10. The average molecular weight is 343 g/mol. The van der Waals surface area contributed by atoms with Crippen LogP contribution in [0.5, 0.6) is 5.75 Å². The molecule has 6 nitrogen and oxygen atoms in total. The van der Waals surface area contributed by atoms with Crippen LogP contribution in [0.2, 0.25) is 0 Å². The summed E-state index contributed by atoms with van der Waals surface area (Å²) < 4.78 is 5.14. The summed E-state index contributed by atoms with van der Waals surface area (Å²) in [4.78, 5) is 28.5. The molecule has 0 unspecified atom stereocenters. The van der Waals surface area contributed by atoms with Gasteiger partial charge in [0.25, 0.3) is 5.91 Å². The van der Waals surface area contributed by atoms with Crippen LogP contribution in [0, 0.1) is 0 Å². The number of carbonyl (C=O) groups is 2. The molecule has 0 aliphatic rings. The van der Waals surface area contributed by atoms with E-state index in [1.54, 1.807) is 17.5 Å². The number of amides is 1. The fraction of sp³-hybridized carbons (Fsp3) is 0.312. The lowest BCUT2D eigenvalue weighted by Crippen LogP contribution is -2.23. The van der Waals surface area contributed by atoms with Crippen LogP contribution < -0.4 is 20.8 Å². The molecule has 1 heterocycles. The number of benzene rings is 1. The molecule has 0 bridgehead atoms. The third kappa shape index (κ3) is 3.94. The first kappa shape index (κ1) is 18.0. The monoisotopic (exact) mass is 343 g/mol. The van der Waals surface area contributed by atoms with Crippen molar-refractivity contribution in [1.29, 1.82) is 0 Å². The van der Waals surface area contributed by atoms with Crippen molar-refractivity contribution in [2.45, 2.75) is 26.8 Å². The number of ketones is 1. The van der Waals surface area contributed by atoms with Gasteiger partial charge in [0.2, 0.25) is 0 Å². The number of hydrogen-bond donors (Lipinski definition) is 2. The standard InChI is InChI=1S/C16H18BN3O3S/c1-8(2)18-16-19-11(7-24-16)15(22)20-14-10(9(3)21)5-6-12(23-4)13(14)17/h5-8H,1-4H3,(H,18,19)(H,20,22). The van der Waals surface area contributed by atoms with E-state index < -0.39 is 5.91 Å². The molecule has 0 saturated carbocycles. The number of Topliss-reactive ketones (excluding diaryl/α,β-unsaturated/α-hetero) is 1. The molecule has 0 aliphatic heterocycles. The van der Waals surface area contributed by atoms with Gasteiger partial charge in [0.15, 0.2) is 10.9 Å². The fourth-order valence-corrected chi connectivity index (χ4v) is 2.91. The van der Waals surface area contributed by atoms with Gasteiger partial charge in [0, 0.05) is 22.7 Å². The molecule has 124 valence electrons. The molecule has 24 heavy (non-hydrogen) atoms. The Hall–Kier alpha value is -2.35. The van der Waals surface area contributed by atoms with E-state index in [9.17, 15) is 9.59 Å². The number of rotatable bonds is 6. The molecule has 1 aromatic carbocycles. The Kier molecular flexibility index (Phi) is 5.61. The fourth-order valence-electron chi connectivity index (χ4n) is 2.08. The number of anilines is 2. The number of nitrogens with one attached hydrogen (secondary N) is 2. The molecule has 2 aromatic rings. The minimum atomic E-state index is -0.439. The van der Waals surface area contributed by atoms with E-state index >= 15 is 0 Å². The molecular weight excluding hydrogens is 325 g/mol. The van der Waals surface area contributed by atoms with Gasteiger partial charge in [-0.3, -0.25) is 9.59 Å². The van der Waals surface area contributed by atoms with Crippen LogP contribution in [0.3, 0.4) is 0 Å². The van der Waals surface area contributed by atoms with Crippen LogP contribution in [-0.4, -0.2) is 37.7 Å². The van der Waals surface area contributed by atoms with E-state index in [0.29, 0.717) is 16.4 Å². The molecular formula is C16H18BN3O3S. The second-order valence-electron chi connectivity index (χ2n) is 5.45. The molecule has 0 saturated heterocycles. The molecule has 0 atom stereocenters. The number of nitrogens with zero attached hydrogens (tertiary/aromatic N) is 1. The minimum absolute atomic E-state index is 0.203. The highest BCUT2D eigenvalue weighted by molar-refractivity contribution is 7.13. The number of hydrogen-bond acceptors (Lipinski definition) is 6. The number of ether oxygens (including phenoxy) is 1. The smallest absolute Gasteiger partial charge is 0.275 e. The van der Waals surface area contributed by atoms with E-state index in [1.165, 1.54) is 25.4 Å². The number of methoxy groups -OCH3 is 1. The van der Waals surface area contributed by atoms with E-state index in [0.717, 1.165) is 0 Å². The van der Waals surface area contributed by atoms with Crippen molar-refractivity contribution in [3.63, 3.8) is 0 Å². The lowest BCUT2D eigenvalue weighted by atomic mass is 9.89. The molecule has 2 rings (SSSR count). The Morgan fingerprint density at radius 1 is 1.33 bits per heavy atom. The summed E-state index contributed by atoms with van der Waals surface area (Å²) in [6.07, 6.45) is 0. The molecule has 1 amide bonds. The van der Waals surface area contributed by atoms with Gasteiger partial charge < -0.3 is 15.4 Å². The molecule has 2 N–H and O–H groups in total. The average Bonchev–Trinajstić information content (AvgIpc) is 2.96. The molecule has 0 fully saturated rings. The topological polar surface area (TPSA) is 80.3 Å². The van der Waals surface area contributed by atoms with Crippen LogP contribution in [0.1, 0.15) is 41.6 Å². The first-order chi connectivity index (χ1) is 11.3. The van der Waals surface area contributed by atoms with Crippen LogP contribution >= 0.6 is 11.3 Å². The normalized spacial score (nSPS) is 10.5. The summed E-state index contributed by atoms with van der Waals surface area (Å²) in [6, 6.07) is 3.38. The minimum Gasteiger partial charge on any atom is -0.497 e. The van der Waals surface area contributed by atoms with Crippen molar-refractivity contribution in [2.24, 2.45) is 0 Å². The van der Waals surface area contributed by atoms with Gasteiger partial charge in [-0.15, -0.1) is 11.3 Å². The van der Waals surface area contributed by atoms with Crippen molar-refractivity contribution in [3.05, 3.63) is 28.8 Å². The Morgan fingerprint density at radius 3 is 2.62 bits per heavy atom. The van der Waals surface area contributed by atoms with E-state index in [2.05, 4.69) is 15.6 Å². The van der Waals surface area contributed by atoms with Crippen molar-refractivity contribution in [1.82, 2.24) is 4.98 Å². The van der Waals surface area contributed by atoms with Gasteiger partial charge in [0.05, 0.1) is 7.11 Å². The zero-order valence-electron chi connectivity index (χ0n) is 14.0. The largest absolute Gasteiger partial charge is 0.497 e. The summed E-state index contributed by atoms with van der Waals surface area (Å²) in [5.74, 6) is -0.263. The molecule has 8 heteroatoms. The lowest BCUT2D eigenvalue weighted by Gasteiger charge is -2.15. The SMILES string of the molecule is [B]c1c(OC)ccc(C(C)=O)c1NC(=O)c1csc(NC(C)C)n1. The lowest BCUT2D eigenvalue weighted by molar-refractivity contribution is 0.101. The maximum Gasteiger partial charge on any atom is 0.275 e. The quantitative estimate of drug-likeness (QED) is 0.621. The van der Waals surface area contributed by atoms with Crippen molar-refractivity contribution in [3.8, 4) is 5.75 Å². The Morgan fingerprint density at radius 2 is 2.04 bits per heavy atom. The van der Waals surface area contributed by atoms with Gasteiger partial charge in [-0.05, 0) is 38.4 Å². The predicted molar refractivity (Wildman–Crippen MR) is 97.2 cm³/mol.